The number of likely N-dealkylation sites (tertiary alicyclic amines) is 1. The van der Waals surface area contributed by atoms with Gasteiger partial charge in [-0.25, -0.2) is 14.5 Å². The maximum atomic E-state index is 13.2. The van der Waals surface area contributed by atoms with Crippen molar-refractivity contribution < 1.29 is 19.1 Å². The minimum atomic E-state index is -1.04. The quantitative estimate of drug-likeness (QED) is 0.680. The van der Waals surface area contributed by atoms with Crippen molar-refractivity contribution in [1.29, 1.82) is 0 Å². The van der Waals surface area contributed by atoms with Crippen LogP contribution >= 0.6 is 23.2 Å². The normalized spacial score (nSPS) is 23.0. The van der Waals surface area contributed by atoms with Crippen molar-refractivity contribution in [3.05, 3.63) is 28.2 Å². The number of benzene rings is 1. The van der Waals surface area contributed by atoms with Gasteiger partial charge in [-0.2, -0.15) is 0 Å². The van der Waals surface area contributed by atoms with E-state index in [-0.39, 0.29) is 10.9 Å². The Morgan fingerprint density at radius 2 is 1.86 bits per heavy atom. The fourth-order valence-electron chi connectivity index (χ4n) is 3.46. The van der Waals surface area contributed by atoms with Crippen molar-refractivity contribution >= 4 is 46.9 Å². The summed E-state index contributed by atoms with van der Waals surface area (Å²) in [5.41, 5.74) is -1.27. The van der Waals surface area contributed by atoms with Crippen LogP contribution in [0.1, 0.15) is 40.0 Å². The number of imide groups is 1. The number of amides is 4. The SMILES string of the molecule is CC(C)(C)OC(=O)N1CCC[C@]2(CC1)NC(=O)N(c1ccc(Cl)c(Cl)c1)C2=O. The number of rotatable bonds is 1. The Kier molecular flexibility index (Phi) is 5.51. The third kappa shape index (κ3) is 4.05. The number of nitrogens with one attached hydrogen (secondary N) is 1. The zero-order valence-electron chi connectivity index (χ0n) is 16.1. The summed E-state index contributed by atoms with van der Waals surface area (Å²) in [4.78, 5) is 40.8. The highest BCUT2D eigenvalue weighted by Crippen LogP contribution is 2.35. The molecule has 2 fully saturated rings. The van der Waals surface area contributed by atoms with Crippen LogP contribution in [0, 0.1) is 0 Å². The van der Waals surface area contributed by atoms with E-state index in [1.807, 2.05) is 0 Å². The number of carbonyl (C=O) groups excluding carboxylic acids is 3. The number of hydrogen-bond donors (Lipinski definition) is 1. The van der Waals surface area contributed by atoms with E-state index >= 15 is 0 Å². The summed E-state index contributed by atoms with van der Waals surface area (Å²) in [6, 6.07) is 4.11. The first kappa shape index (κ1) is 20.7. The summed E-state index contributed by atoms with van der Waals surface area (Å²) in [6.07, 6.45) is 0.909. The first-order valence-electron chi connectivity index (χ1n) is 9.12. The Morgan fingerprint density at radius 3 is 2.50 bits per heavy atom. The van der Waals surface area contributed by atoms with Crippen LogP contribution < -0.4 is 10.2 Å². The molecule has 1 spiro atoms. The molecule has 28 heavy (non-hydrogen) atoms. The summed E-state index contributed by atoms with van der Waals surface area (Å²) in [6.45, 7) is 6.20. The average Bonchev–Trinajstić information content (AvgIpc) is 2.73. The topological polar surface area (TPSA) is 79.0 Å². The second kappa shape index (κ2) is 7.44. The van der Waals surface area contributed by atoms with Gasteiger partial charge in [-0.15, -0.1) is 0 Å². The Labute approximate surface area is 173 Å². The molecule has 3 rings (SSSR count). The minimum absolute atomic E-state index is 0.262. The number of urea groups is 1. The van der Waals surface area contributed by atoms with Crippen molar-refractivity contribution in [2.45, 2.75) is 51.2 Å². The number of halogens is 2. The van der Waals surface area contributed by atoms with E-state index < -0.39 is 23.3 Å². The van der Waals surface area contributed by atoms with Gasteiger partial charge in [0.2, 0.25) is 0 Å². The second-order valence-corrected chi connectivity index (χ2v) is 8.89. The van der Waals surface area contributed by atoms with Gasteiger partial charge >= 0.3 is 12.1 Å². The van der Waals surface area contributed by atoms with Crippen LogP contribution in [0.3, 0.4) is 0 Å². The molecule has 4 amide bonds. The fraction of sp³-hybridized carbons (Fsp3) is 0.526. The van der Waals surface area contributed by atoms with E-state index in [9.17, 15) is 14.4 Å². The highest BCUT2D eigenvalue weighted by Gasteiger charge is 2.52. The zero-order chi connectivity index (χ0) is 20.7. The van der Waals surface area contributed by atoms with E-state index in [1.165, 1.54) is 6.07 Å². The number of nitrogens with zero attached hydrogens (tertiary/aromatic N) is 2. The molecule has 7 nitrogen and oxygen atoms in total. The monoisotopic (exact) mass is 427 g/mol. The Bertz CT molecular complexity index is 824. The fourth-order valence-corrected chi connectivity index (χ4v) is 3.75. The lowest BCUT2D eigenvalue weighted by Crippen LogP contribution is -2.48. The van der Waals surface area contributed by atoms with E-state index in [2.05, 4.69) is 5.32 Å². The van der Waals surface area contributed by atoms with Gasteiger partial charge in [-0.3, -0.25) is 4.79 Å². The molecule has 2 heterocycles. The summed E-state index contributed by atoms with van der Waals surface area (Å²) in [5.74, 6) is -0.345. The standard InChI is InChI=1S/C19H23Cl2N3O4/c1-18(2,3)28-17(27)23-9-4-7-19(8-10-23)15(25)24(16(26)22-19)12-5-6-13(20)14(21)11-12/h5-6,11H,4,7-10H2,1-3H3,(H,22,26)/t19-/m1/s1. The molecule has 0 aromatic heterocycles. The van der Waals surface area contributed by atoms with Crippen LogP contribution in [0.4, 0.5) is 15.3 Å². The summed E-state index contributed by atoms with van der Waals surface area (Å²) in [7, 11) is 0. The van der Waals surface area contributed by atoms with E-state index in [0.717, 1.165) is 4.90 Å². The molecule has 0 aliphatic carbocycles. The average molecular weight is 428 g/mol. The van der Waals surface area contributed by atoms with Gasteiger partial charge in [0.05, 0.1) is 15.7 Å². The molecule has 0 radical (unpaired) electrons. The lowest BCUT2D eigenvalue weighted by molar-refractivity contribution is -0.122. The molecule has 9 heteroatoms. The number of anilines is 1. The molecule has 0 saturated carbocycles. The molecule has 0 unspecified atom stereocenters. The molecule has 1 N–H and O–H groups in total. The van der Waals surface area contributed by atoms with Crippen molar-refractivity contribution in [2.24, 2.45) is 0 Å². The van der Waals surface area contributed by atoms with Crippen molar-refractivity contribution in [3.8, 4) is 0 Å². The van der Waals surface area contributed by atoms with Gasteiger partial charge in [-0.1, -0.05) is 23.2 Å². The Balaban J connectivity index is 1.78. The smallest absolute Gasteiger partial charge is 0.410 e. The van der Waals surface area contributed by atoms with Gasteiger partial charge < -0.3 is 15.0 Å². The van der Waals surface area contributed by atoms with Gasteiger partial charge in [0.1, 0.15) is 11.1 Å². The predicted molar refractivity (Wildman–Crippen MR) is 107 cm³/mol. The lowest BCUT2D eigenvalue weighted by Gasteiger charge is -2.27. The van der Waals surface area contributed by atoms with Gasteiger partial charge in [0.25, 0.3) is 5.91 Å². The van der Waals surface area contributed by atoms with Crippen molar-refractivity contribution in [3.63, 3.8) is 0 Å². The molecule has 152 valence electrons. The largest absolute Gasteiger partial charge is 0.444 e. The van der Waals surface area contributed by atoms with E-state index in [4.69, 9.17) is 27.9 Å². The van der Waals surface area contributed by atoms with E-state index in [0.29, 0.717) is 43.1 Å². The highest BCUT2D eigenvalue weighted by molar-refractivity contribution is 6.42. The molecule has 1 aromatic carbocycles. The number of hydrogen-bond acceptors (Lipinski definition) is 4. The first-order chi connectivity index (χ1) is 13.0. The summed E-state index contributed by atoms with van der Waals surface area (Å²) >= 11 is 12.0. The molecular weight excluding hydrogens is 405 g/mol. The minimum Gasteiger partial charge on any atom is -0.444 e. The van der Waals surface area contributed by atoms with Crippen LogP contribution in [0.5, 0.6) is 0 Å². The Hall–Kier alpha value is -1.99. The maximum absolute atomic E-state index is 13.2. The molecule has 2 saturated heterocycles. The molecule has 2 aliphatic heterocycles. The maximum Gasteiger partial charge on any atom is 0.410 e. The molecule has 1 aromatic rings. The molecule has 2 aliphatic rings. The first-order valence-corrected chi connectivity index (χ1v) is 9.88. The van der Waals surface area contributed by atoms with Crippen molar-refractivity contribution in [1.82, 2.24) is 10.2 Å². The molecule has 1 atom stereocenters. The predicted octanol–water partition coefficient (Wildman–Crippen LogP) is 4.21. The Morgan fingerprint density at radius 1 is 1.14 bits per heavy atom. The van der Waals surface area contributed by atoms with Gasteiger partial charge in [0.15, 0.2) is 0 Å². The lowest BCUT2D eigenvalue weighted by atomic mass is 9.90. The zero-order valence-corrected chi connectivity index (χ0v) is 17.6. The third-order valence-electron chi connectivity index (χ3n) is 4.81. The van der Waals surface area contributed by atoms with Crippen LogP contribution in [0.2, 0.25) is 10.0 Å². The summed E-state index contributed by atoms with van der Waals surface area (Å²) < 4.78 is 5.42. The van der Waals surface area contributed by atoms with E-state index in [1.54, 1.807) is 37.8 Å². The molecule has 0 bridgehead atoms. The summed E-state index contributed by atoms with van der Waals surface area (Å²) in [5, 5.41) is 3.44. The third-order valence-corrected chi connectivity index (χ3v) is 5.55. The van der Waals surface area contributed by atoms with Crippen LogP contribution in [-0.2, 0) is 9.53 Å². The van der Waals surface area contributed by atoms with Crippen LogP contribution in [0.15, 0.2) is 18.2 Å². The second-order valence-electron chi connectivity index (χ2n) is 8.07. The molecular formula is C19H23Cl2N3O4. The van der Waals surface area contributed by atoms with Crippen LogP contribution in [0.25, 0.3) is 0 Å². The van der Waals surface area contributed by atoms with Crippen molar-refractivity contribution in [2.75, 3.05) is 18.0 Å². The number of ether oxygens (including phenoxy) is 1. The van der Waals surface area contributed by atoms with Crippen LogP contribution in [-0.4, -0.2) is 47.2 Å². The highest BCUT2D eigenvalue weighted by atomic mass is 35.5. The number of carbonyl (C=O) groups is 3. The van der Waals surface area contributed by atoms with Gasteiger partial charge in [0, 0.05) is 13.1 Å². The van der Waals surface area contributed by atoms with Gasteiger partial charge in [-0.05, 0) is 58.2 Å².